The van der Waals surface area contributed by atoms with Crippen molar-refractivity contribution in [3.8, 4) is 22.8 Å². The van der Waals surface area contributed by atoms with E-state index >= 15 is 0 Å². The maximum Gasteiger partial charge on any atom is 0.695 e. The first kappa shape index (κ1) is 20.2. The van der Waals surface area contributed by atoms with E-state index in [0.717, 1.165) is 16.6 Å². The van der Waals surface area contributed by atoms with Crippen LogP contribution in [0.4, 0.5) is 0 Å². The third-order valence-corrected chi connectivity index (χ3v) is 4.63. The molecule has 0 amide bonds. The van der Waals surface area contributed by atoms with Crippen LogP contribution in [-0.2, 0) is 22.2 Å². The smallest absolute Gasteiger partial charge is 0.389 e. The van der Waals surface area contributed by atoms with Gasteiger partial charge in [-0.05, 0) is 37.6 Å². The average molecular weight is 428 g/mol. The van der Waals surface area contributed by atoms with E-state index < -0.39 is 13.9 Å². The number of rotatable bonds is 7. The largest absolute Gasteiger partial charge is 0.695 e. The first-order valence-electron chi connectivity index (χ1n) is 9.06. The zero-order chi connectivity index (χ0) is 21.3. The van der Waals surface area contributed by atoms with Crippen molar-refractivity contribution in [2.45, 2.75) is 32.6 Å². The third-order valence-electron chi connectivity index (χ3n) is 4.28. The molecule has 2 heterocycles. The molecule has 10 nitrogen and oxygen atoms in total. The first-order valence-corrected chi connectivity index (χ1v) is 10.2. The second-order valence-electron chi connectivity index (χ2n) is 7.39. The molecule has 2 aromatic heterocycles. The van der Waals surface area contributed by atoms with Crippen molar-refractivity contribution in [2.24, 2.45) is 0 Å². The first-order chi connectivity index (χ1) is 14.3. The average Bonchev–Trinajstić information content (AvgIpc) is 3.33. The molecular formula is C19H19N5O5P+. The fraction of sp³-hybridized carbons (Fsp3) is 0.263. The summed E-state index contributed by atoms with van der Waals surface area (Å²) >= 11 is 0. The van der Waals surface area contributed by atoms with Crippen LogP contribution in [-0.4, -0.2) is 40.7 Å². The van der Waals surface area contributed by atoms with E-state index in [1.807, 2.05) is 12.1 Å². The predicted octanol–water partition coefficient (Wildman–Crippen LogP) is 3.09. The molecule has 4 rings (SSSR count). The molecule has 2 N–H and O–H groups in total. The molecule has 0 aliphatic rings. The second kappa shape index (κ2) is 8.00. The van der Waals surface area contributed by atoms with Crippen LogP contribution in [0.15, 0.2) is 47.0 Å². The molecule has 0 spiro atoms. The second-order valence-corrected chi connectivity index (χ2v) is 8.13. The molecule has 154 valence electrons. The van der Waals surface area contributed by atoms with Crippen molar-refractivity contribution < 1.29 is 23.6 Å². The van der Waals surface area contributed by atoms with E-state index in [9.17, 15) is 9.67 Å². The molecule has 0 aliphatic heterocycles. The van der Waals surface area contributed by atoms with Crippen molar-refractivity contribution in [1.82, 2.24) is 25.1 Å². The molecule has 0 fully saturated rings. The van der Waals surface area contributed by atoms with E-state index in [1.165, 1.54) is 0 Å². The van der Waals surface area contributed by atoms with Gasteiger partial charge in [-0.2, -0.15) is 4.98 Å². The van der Waals surface area contributed by atoms with Crippen LogP contribution in [0.25, 0.3) is 33.9 Å². The Bertz CT molecular complexity index is 1200. The summed E-state index contributed by atoms with van der Waals surface area (Å²) in [6.45, 7) is 3.78. The van der Waals surface area contributed by atoms with E-state index in [0.29, 0.717) is 29.3 Å². The van der Waals surface area contributed by atoms with Gasteiger partial charge in [0.25, 0.3) is 5.89 Å². The van der Waals surface area contributed by atoms with Crippen LogP contribution < -0.4 is 0 Å². The van der Waals surface area contributed by atoms with Gasteiger partial charge >= 0.3 is 8.25 Å². The quantitative estimate of drug-likeness (QED) is 0.425. The van der Waals surface area contributed by atoms with Gasteiger partial charge < -0.3 is 9.63 Å². The zero-order valence-electron chi connectivity index (χ0n) is 16.3. The van der Waals surface area contributed by atoms with E-state index in [2.05, 4.69) is 25.0 Å². The molecule has 4 aromatic rings. The minimum Gasteiger partial charge on any atom is -0.389 e. The standard InChI is InChI=1S/C19H18N5O5P/c1-19(2,25)11-24-16-8-7-14(9-15(16)21-23-24)18-20-17(22-29-18)13-5-3-12(4-6-13)10-28-30(26)27/h3-9,25H,10-11H2,1-2H3/p+1. The highest BCUT2D eigenvalue weighted by Crippen LogP contribution is 2.26. The number of aliphatic hydroxyl groups is 1. The maximum absolute atomic E-state index is 10.6. The molecule has 0 bridgehead atoms. The fourth-order valence-corrected chi connectivity index (χ4v) is 3.19. The Morgan fingerprint density at radius 3 is 2.60 bits per heavy atom. The van der Waals surface area contributed by atoms with Crippen LogP contribution >= 0.6 is 8.25 Å². The minimum atomic E-state index is -2.63. The van der Waals surface area contributed by atoms with Crippen LogP contribution in [0.2, 0.25) is 0 Å². The molecule has 1 atom stereocenters. The van der Waals surface area contributed by atoms with Gasteiger partial charge in [0, 0.05) is 15.7 Å². The molecule has 11 heteroatoms. The van der Waals surface area contributed by atoms with Crippen molar-refractivity contribution in [2.75, 3.05) is 0 Å². The van der Waals surface area contributed by atoms with Gasteiger partial charge in [-0.3, -0.25) is 0 Å². The number of fused-ring (bicyclic) bond motifs is 1. The number of hydrogen-bond donors (Lipinski definition) is 2. The number of hydrogen-bond acceptors (Lipinski definition) is 8. The summed E-state index contributed by atoms with van der Waals surface area (Å²) in [5, 5.41) is 22.3. The lowest BCUT2D eigenvalue weighted by molar-refractivity contribution is 0.0585. The highest BCUT2D eigenvalue weighted by atomic mass is 31.1. The summed E-state index contributed by atoms with van der Waals surface area (Å²) in [5.41, 5.74) is 2.73. The maximum atomic E-state index is 10.6. The summed E-state index contributed by atoms with van der Waals surface area (Å²) in [6.07, 6.45) is 0. The fourth-order valence-electron chi connectivity index (χ4n) is 2.93. The Kier molecular flexibility index (Phi) is 5.40. The zero-order valence-corrected chi connectivity index (χ0v) is 17.2. The van der Waals surface area contributed by atoms with Crippen molar-refractivity contribution in [3.63, 3.8) is 0 Å². The summed E-state index contributed by atoms with van der Waals surface area (Å²) < 4.78 is 22.4. The lowest BCUT2D eigenvalue weighted by Crippen LogP contribution is -2.26. The molecule has 2 aromatic carbocycles. The lowest BCUT2D eigenvalue weighted by atomic mass is 10.1. The lowest BCUT2D eigenvalue weighted by Gasteiger charge is -2.16. The van der Waals surface area contributed by atoms with Crippen LogP contribution in [0, 0.1) is 0 Å². The predicted molar refractivity (Wildman–Crippen MR) is 107 cm³/mol. The van der Waals surface area contributed by atoms with Crippen molar-refractivity contribution in [3.05, 3.63) is 48.0 Å². The van der Waals surface area contributed by atoms with Gasteiger partial charge in [-0.25, -0.2) is 4.68 Å². The van der Waals surface area contributed by atoms with Gasteiger partial charge in [-0.1, -0.05) is 34.6 Å². The minimum absolute atomic E-state index is 0.0393. The van der Waals surface area contributed by atoms with Crippen LogP contribution in [0.1, 0.15) is 19.4 Å². The van der Waals surface area contributed by atoms with Crippen LogP contribution in [0.3, 0.4) is 0 Å². The summed E-state index contributed by atoms with van der Waals surface area (Å²) in [7, 11) is -2.63. The molecule has 0 radical (unpaired) electrons. The Hall–Kier alpha value is -3.04. The van der Waals surface area contributed by atoms with Gasteiger partial charge in [-0.15, -0.1) is 14.5 Å². The molecule has 1 unspecified atom stereocenters. The third kappa shape index (κ3) is 4.58. The SMILES string of the molecule is CC(C)(O)Cn1nnc2cc(-c3nc(-c4ccc(CO[P+](=O)O)cc4)no3)ccc21. The molecular weight excluding hydrogens is 409 g/mol. The monoisotopic (exact) mass is 428 g/mol. The summed E-state index contributed by atoms with van der Waals surface area (Å²) in [5.74, 6) is 0.755. The summed E-state index contributed by atoms with van der Waals surface area (Å²) in [6, 6.07) is 12.6. The molecule has 0 saturated heterocycles. The highest BCUT2D eigenvalue weighted by molar-refractivity contribution is 7.32. The Balaban J connectivity index is 1.55. The van der Waals surface area contributed by atoms with E-state index in [4.69, 9.17) is 9.42 Å². The van der Waals surface area contributed by atoms with Gasteiger partial charge in [0.2, 0.25) is 5.82 Å². The number of nitrogens with zero attached hydrogens (tertiary/aromatic N) is 5. The summed E-state index contributed by atoms with van der Waals surface area (Å²) in [4.78, 5) is 13.1. The topological polar surface area (TPSA) is 136 Å². The Morgan fingerprint density at radius 2 is 1.90 bits per heavy atom. The van der Waals surface area contributed by atoms with E-state index in [-0.39, 0.29) is 6.61 Å². The highest BCUT2D eigenvalue weighted by Gasteiger charge is 2.18. The normalized spacial score (nSPS) is 12.5. The van der Waals surface area contributed by atoms with Gasteiger partial charge in [0.05, 0.1) is 17.7 Å². The van der Waals surface area contributed by atoms with Crippen LogP contribution in [0.5, 0.6) is 0 Å². The molecule has 30 heavy (non-hydrogen) atoms. The Labute approximate surface area is 172 Å². The molecule has 0 aliphatic carbocycles. The molecule has 0 saturated carbocycles. The Morgan fingerprint density at radius 1 is 1.17 bits per heavy atom. The van der Waals surface area contributed by atoms with Gasteiger partial charge in [0.15, 0.2) is 0 Å². The van der Waals surface area contributed by atoms with Crippen molar-refractivity contribution in [1.29, 1.82) is 0 Å². The van der Waals surface area contributed by atoms with Gasteiger partial charge in [0.1, 0.15) is 12.1 Å². The van der Waals surface area contributed by atoms with Crippen molar-refractivity contribution >= 4 is 19.3 Å². The number of benzene rings is 2. The number of aromatic nitrogens is 5. The van der Waals surface area contributed by atoms with E-state index in [1.54, 1.807) is 48.9 Å².